The van der Waals surface area contributed by atoms with Crippen LogP contribution in [0.2, 0.25) is 0 Å². The standard InChI is InChI=1S/C23H30F2N4O3S/c1-17-6-7-20(14-17)32-22-21(27-9-11-28(12-10-27)33(31)13-3-8-24)16-26-29(23(22)30)19-5-2-4-18(25)15-19/h2,4-5,15-17,20H,3,6-14H2,1H3/t17?,20?,33-/m1/s1. The Hall–Kier alpha value is -2.17. The van der Waals surface area contributed by atoms with E-state index in [0.29, 0.717) is 49.2 Å². The van der Waals surface area contributed by atoms with E-state index < -0.39 is 29.4 Å². The van der Waals surface area contributed by atoms with Gasteiger partial charge >= 0.3 is 5.56 Å². The van der Waals surface area contributed by atoms with Gasteiger partial charge in [-0.2, -0.15) is 9.78 Å². The number of halogens is 2. The van der Waals surface area contributed by atoms with Gasteiger partial charge in [-0.15, -0.1) is 4.31 Å². The third-order valence-corrected chi connectivity index (χ3v) is 7.80. The van der Waals surface area contributed by atoms with E-state index in [-0.39, 0.29) is 18.3 Å². The van der Waals surface area contributed by atoms with Crippen molar-refractivity contribution in [3.8, 4) is 11.4 Å². The molecule has 2 heterocycles. The van der Waals surface area contributed by atoms with Crippen molar-refractivity contribution in [3.63, 3.8) is 0 Å². The van der Waals surface area contributed by atoms with Crippen LogP contribution >= 0.6 is 0 Å². The number of ether oxygens (including phenoxy) is 1. The first-order valence-electron chi connectivity index (χ1n) is 11.5. The summed E-state index contributed by atoms with van der Waals surface area (Å²) in [4.78, 5) is 15.5. The Morgan fingerprint density at radius 3 is 2.70 bits per heavy atom. The molecule has 2 unspecified atom stereocenters. The largest absolute Gasteiger partial charge is 0.598 e. The van der Waals surface area contributed by atoms with E-state index >= 15 is 0 Å². The van der Waals surface area contributed by atoms with Crippen LogP contribution < -0.4 is 15.2 Å². The lowest BCUT2D eigenvalue weighted by molar-refractivity contribution is 0.201. The van der Waals surface area contributed by atoms with Crippen molar-refractivity contribution in [1.29, 1.82) is 0 Å². The molecule has 0 amide bonds. The molecule has 1 saturated carbocycles. The van der Waals surface area contributed by atoms with Gasteiger partial charge in [0.25, 0.3) is 0 Å². The molecular formula is C23H30F2N4O3S. The first kappa shape index (κ1) is 24.0. The Kier molecular flexibility index (Phi) is 7.87. The van der Waals surface area contributed by atoms with E-state index in [0.717, 1.165) is 19.3 Å². The highest BCUT2D eigenvalue weighted by molar-refractivity contribution is 7.89. The average Bonchev–Trinajstić information content (AvgIpc) is 3.23. The predicted octanol–water partition coefficient (Wildman–Crippen LogP) is 3.08. The molecule has 10 heteroatoms. The fourth-order valence-electron chi connectivity index (χ4n) is 4.43. The lowest BCUT2D eigenvalue weighted by Crippen LogP contribution is -2.49. The van der Waals surface area contributed by atoms with Crippen LogP contribution in [0, 0.1) is 11.7 Å². The second-order valence-corrected chi connectivity index (χ2v) is 10.3. The number of benzene rings is 1. The summed E-state index contributed by atoms with van der Waals surface area (Å²) in [5.41, 5.74) is 0.511. The molecule has 33 heavy (non-hydrogen) atoms. The highest BCUT2D eigenvalue weighted by atomic mass is 32.2. The van der Waals surface area contributed by atoms with E-state index in [1.165, 1.54) is 22.9 Å². The molecular weight excluding hydrogens is 450 g/mol. The van der Waals surface area contributed by atoms with Gasteiger partial charge in [-0.1, -0.05) is 13.0 Å². The second-order valence-electron chi connectivity index (χ2n) is 8.70. The number of rotatable bonds is 8. The van der Waals surface area contributed by atoms with Crippen LogP contribution in [0.15, 0.2) is 35.3 Å². The Bertz CT molecular complexity index is 1000. The predicted molar refractivity (Wildman–Crippen MR) is 125 cm³/mol. The average molecular weight is 481 g/mol. The monoisotopic (exact) mass is 480 g/mol. The molecule has 2 aliphatic rings. The van der Waals surface area contributed by atoms with Crippen molar-refractivity contribution in [2.75, 3.05) is 43.5 Å². The normalized spacial score (nSPS) is 22.5. The maximum atomic E-state index is 13.8. The summed E-state index contributed by atoms with van der Waals surface area (Å²) in [7, 11) is 0. The second kappa shape index (κ2) is 10.8. The molecule has 1 aromatic carbocycles. The smallest absolute Gasteiger partial charge is 0.316 e. The lowest BCUT2D eigenvalue weighted by atomic mass is 10.1. The van der Waals surface area contributed by atoms with Crippen LogP contribution in [0.4, 0.5) is 14.5 Å². The summed E-state index contributed by atoms with van der Waals surface area (Å²) in [5.74, 6) is 0.624. The molecule has 7 nitrogen and oxygen atoms in total. The van der Waals surface area contributed by atoms with Crippen molar-refractivity contribution in [1.82, 2.24) is 14.1 Å². The number of anilines is 1. The Balaban J connectivity index is 1.59. The molecule has 4 rings (SSSR count). The SMILES string of the molecule is CC1CCC(Oc2c(N3CCN([S@+]([O-])CCCF)CC3)cnn(-c3cccc(F)c3)c2=O)C1. The molecule has 2 aromatic rings. The highest BCUT2D eigenvalue weighted by Crippen LogP contribution is 2.32. The molecule has 0 bridgehead atoms. The molecule has 3 atom stereocenters. The van der Waals surface area contributed by atoms with Crippen LogP contribution in [0.5, 0.6) is 5.75 Å². The van der Waals surface area contributed by atoms with E-state index in [1.807, 2.05) is 9.21 Å². The van der Waals surface area contributed by atoms with Gasteiger partial charge in [0.15, 0.2) is 0 Å². The first-order valence-corrected chi connectivity index (χ1v) is 12.7. The Labute approximate surface area is 195 Å². The third kappa shape index (κ3) is 5.67. The molecule has 0 N–H and O–H groups in total. The summed E-state index contributed by atoms with van der Waals surface area (Å²) in [6, 6.07) is 5.75. The van der Waals surface area contributed by atoms with Gasteiger partial charge in [-0.05, 0) is 43.4 Å². The summed E-state index contributed by atoms with van der Waals surface area (Å²) >= 11 is -1.21. The highest BCUT2D eigenvalue weighted by Gasteiger charge is 2.30. The van der Waals surface area contributed by atoms with Crippen molar-refractivity contribution in [2.24, 2.45) is 5.92 Å². The van der Waals surface area contributed by atoms with Crippen molar-refractivity contribution >= 4 is 17.0 Å². The minimum Gasteiger partial charge on any atom is -0.598 e. The van der Waals surface area contributed by atoms with Gasteiger partial charge < -0.3 is 14.2 Å². The first-order chi connectivity index (χ1) is 16.0. The van der Waals surface area contributed by atoms with Crippen molar-refractivity contribution in [2.45, 2.75) is 38.7 Å². The minimum atomic E-state index is -1.21. The molecule has 1 aliphatic heterocycles. The van der Waals surface area contributed by atoms with Gasteiger partial charge in [0.05, 0.1) is 37.8 Å². The number of piperazine rings is 1. The number of aromatic nitrogens is 2. The van der Waals surface area contributed by atoms with Crippen LogP contribution in [0.1, 0.15) is 32.6 Å². The van der Waals surface area contributed by atoms with E-state index in [1.54, 1.807) is 12.3 Å². The summed E-state index contributed by atoms with van der Waals surface area (Å²) in [6.45, 7) is 3.86. The molecule has 0 radical (unpaired) electrons. The maximum Gasteiger partial charge on any atom is 0.316 e. The zero-order valence-electron chi connectivity index (χ0n) is 18.8. The third-order valence-electron chi connectivity index (χ3n) is 6.22. The maximum absolute atomic E-state index is 13.8. The Morgan fingerprint density at radius 1 is 1.24 bits per heavy atom. The quantitative estimate of drug-likeness (QED) is 0.541. The molecule has 1 saturated heterocycles. The van der Waals surface area contributed by atoms with E-state index in [2.05, 4.69) is 12.0 Å². The summed E-state index contributed by atoms with van der Waals surface area (Å²) < 4.78 is 47.8. The van der Waals surface area contributed by atoms with Crippen LogP contribution in [-0.4, -0.2) is 63.3 Å². The molecule has 180 valence electrons. The minimum absolute atomic E-state index is 0.0516. The fraction of sp³-hybridized carbons (Fsp3) is 0.565. The lowest BCUT2D eigenvalue weighted by Gasteiger charge is -2.36. The van der Waals surface area contributed by atoms with Crippen molar-refractivity contribution < 1.29 is 18.1 Å². The fourth-order valence-corrected chi connectivity index (χ4v) is 5.61. The van der Waals surface area contributed by atoms with Gasteiger partial charge in [0, 0.05) is 30.9 Å². The zero-order valence-corrected chi connectivity index (χ0v) is 19.6. The van der Waals surface area contributed by atoms with Gasteiger partial charge in [-0.3, -0.25) is 9.18 Å². The number of nitrogens with zero attached hydrogens (tertiary/aromatic N) is 4. The van der Waals surface area contributed by atoms with Crippen LogP contribution in [0.25, 0.3) is 5.69 Å². The van der Waals surface area contributed by atoms with Crippen molar-refractivity contribution in [3.05, 3.63) is 46.6 Å². The summed E-state index contributed by atoms with van der Waals surface area (Å²) in [5, 5.41) is 4.31. The molecule has 1 aromatic heterocycles. The van der Waals surface area contributed by atoms with Gasteiger partial charge in [0.2, 0.25) is 5.75 Å². The molecule has 1 aliphatic carbocycles. The van der Waals surface area contributed by atoms with E-state index in [9.17, 15) is 18.1 Å². The molecule has 0 spiro atoms. The topological polar surface area (TPSA) is 73.7 Å². The Morgan fingerprint density at radius 2 is 2.03 bits per heavy atom. The number of hydrogen-bond donors (Lipinski definition) is 0. The van der Waals surface area contributed by atoms with Crippen LogP contribution in [-0.2, 0) is 11.4 Å². The van der Waals surface area contributed by atoms with E-state index in [4.69, 9.17) is 4.74 Å². The number of hydrogen-bond acceptors (Lipinski definition) is 6. The molecule has 2 fully saturated rings. The van der Waals surface area contributed by atoms with Crippen LogP contribution in [0.3, 0.4) is 0 Å². The summed E-state index contributed by atoms with van der Waals surface area (Å²) in [6.07, 6.45) is 4.63. The zero-order chi connectivity index (χ0) is 23.4. The van der Waals surface area contributed by atoms with Gasteiger partial charge in [0.1, 0.15) is 17.3 Å². The number of alkyl halides is 1. The van der Waals surface area contributed by atoms with Gasteiger partial charge in [-0.25, -0.2) is 4.39 Å².